The minimum atomic E-state index is -0.967. The monoisotopic (exact) mass is 309 g/mol. The Hall–Kier alpha value is -1.17. The third-order valence-corrected chi connectivity index (χ3v) is 5.74. The molecule has 1 heterocycles. The summed E-state index contributed by atoms with van der Waals surface area (Å²) in [6, 6.07) is 11.9. The molecular weight excluding hydrogens is 290 g/mol. The molecule has 20 heavy (non-hydrogen) atoms. The van der Waals surface area contributed by atoms with E-state index in [9.17, 15) is 4.21 Å². The Balaban J connectivity index is 2.11. The molecule has 1 N–H and O–H groups in total. The lowest BCUT2D eigenvalue weighted by molar-refractivity contribution is 0.414. The van der Waals surface area contributed by atoms with E-state index < -0.39 is 10.8 Å². The highest BCUT2D eigenvalue weighted by atomic mass is 32.2. The third kappa shape index (κ3) is 3.91. The van der Waals surface area contributed by atoms with Gasteiger partial charge in [-0.15, -0.1) is 11.3 Å². The average Bonchev–Trinajstić information content (AvgIpc) is 3.01. The van der Waals surface area contributed by atoms with Crippen LogP contribution in [0.25, 0.3) is 0 Å². The van der Waals surface area contributed by atoms with Crippen molar-refractivity contribution in [2.24, 2.45) is 0 Å². The van der Waals surface area contributed by atoms with Gasteiger partial charge in [-0.25, -0.2) is 0 Å². The Morgan fingerprint density at radius 2 is 2.05 bits per heavy atom. The molecule has 0 radical (unpaired) electrons. The third-order valence-electron chi connectivity index (χ3n) is 3.01. The average molecular weight is 309 g/mol. The molecule has 0 amide bonds. The number of hydrogen-bond donors (Lipinski definition) is 1. The molecule has 5 heteroatoms. The smallest absolute Gasteiger partial charge is 0.118 e. The van der Waals surface area contributed by atoms with Crippen molar-refractivity contribution in [1.29, 1.82) is 0 Å². The van der Waals surface area contributed by atoms with E-state index in [1.165, 1.54) is 0 Å². The van der Waals surface area contributed by atoms with Crippen molar-refractivity contribution >= 4 is 22.1 Å². The molecule has 0 aliphatic rings. The van der Waals surface area contributed by atoms with Gasteiger partial charge in [-0.3, -0.25) is 4.21 Å². The van der Waals surface area contributed by atoms with Crippen LogP contribution in [0.1, 0.15) is 18.5 Å². The maximum absolute atomic E-state index is 12.3. The fourth-order valence-corrected chi connectivity index (χ4v) is 4.24. The predicted octanol–water partition coefficient (Wildman–Crippen LogP) is 3.22. The van der Waals surface area contributed by atoms with Crippen molar-refractivity contribution in [2.45, 2.75) is 17.2 Å². The number of methoxy groups -OCH3 is 1. The van der Waals surface area contributed by atoms with Crippen molar-refractivity contribution < 1.29 is 8.95 Å². The van der Waals surface area contributed by atoms with Gasteiger partial charge < -0.3 is 10.1 Å². The SMILES string of the molecule is CCNC(CS(=O)c1cccs1)c1ccc(OC)cc1. The second-order valence-electron chi connectivity index (χ2n) is 4.33. The van der Waals surface area contributed by atoms with Crippen molar-refractivity contribution in [1.82, 2.24) is 5.32 Å². The van der Waals surface area contributed by atoms with Gasteiger partial charge >= 0.3 is 0 Å². The van der Waals surface area contributed by atoms with Crippen molar-refractivity contribution in [3.05, 3.63) is 47.3 Å². The molecule has 2 atom stereocenters. The first-order valence-electron chi connectivity index (χ1n) is 6.53. The van der Waals surface area contributed by atoms with Crippen LogP contribution in [0.5, 0.6) is 5.75 Å². The number of thiophene rings is 1. The first-order valence-corrected chi connectivity index (χ1v) is 8.73. The van der Waals surface area contributed by atoms with Crippen LogP contribution in [0.3, 0.4) is 0 Å². The minimum absolute atomic E-state index is 0.0915. The fraction of sp³-hybridized carbons (Fsp3) is 0.333. The van der Waals surface area contributed by atoms with E-state index in [1.807, 2.05) is 41.8 Å². The number of nitrogens with one attached hydrogen (secondary N) is 1. The van der Waals surface area contributed by atoms with Gasteiger partial charge in [0, 0.05) is 11.8 Å². The summed E-state index contributed by atoms with van der Waals surface area (Å²) in [6.07, 6.45) is 0. The van der Waals surface area contributed by atoms with Crippen molar-refractivity contribution in [3.63, 3.8) is 0 Å². The Kier molecular flexibility index (Phi) is 5.76. The topological polar surface area (TPSA) is 38.3 Å². The van der Waals surface area contributed by atoms with Gasteiger partial charge in [0.05, 0.1) is 22.1 Å². The van der Waals surface area contributed by atoms with Gasteiger partial charge in [-0.2, -0.15) is 0 Å². The quantitative estimate of drug-likeness (QED) is 0.853. The Labute approximate surface area is 126 Å². The van der Waals surface area contributed by atoms with Crippen molar-refractivity contribution in [3.8, 4) is 5.75 Å². The van der Waals surface area contributed by atoms with Gasteiger partial charge in [-0.05, 0) is 35.7 Å². The summed E-state index contributed by atoms with van der Waals surface area (Å²) in [5.41, 5.74) is 1.14. The largest absolute Gasteiger partial charge is 0.497 e. The van der Waals surface area contributed by atoms with E-state index in [1.54, 1.807) is 18.4 Å². The normalized spacial score (nSPS) is 13.9. The summed E-state index contributed by atoms with van der Waals surface area (Å²) in [4.78, 5) is 0. The van der Waals surface area contributed by atoms with E-state index >= 15 is 0 Å². The molecule has 0 aliphatic heterocycles. The molecule has 0 saturated heterocycles. The first kappa shape index (κ1) is 15.2. The van der Waals surface area contributed by atoms with Crippen LogP contribution >= 0.6 is 11.3 Å². The van der Waals surface area contributed by atoms with E-state index in [0.29, 0.717) is 5.75 Å². The number of benzene rings is 1. The highest BCUT2D eigenvalue weighted by molar-refractivity contribution is 7.87. The summed E-state index contributed by atoms with van der Waals surface area (Å²) in [5.74, 6) is 1.42. The maximum Gasteiger partial charge on any atom is 0.118 e. The Morgan fingerprint density at radius 1 is 1.30 bits per heavy atom. The molecule has 2 rings (SSSR count). The highest BCUT2D eigenvalue weighted by Crippen LogP contribution is 2.22. The lowest BCUT2D eigenvalue weighted by atomic mass is 10.1. The van der Waals surface area contributed by atoms with Crippen LogP contribution in [0.2, 0.25) is 0 Å². The summed E-state index contributed by atoms with van der Waals surface area (Å²) < 4.78 is 18.4. The summed E-state index contributed by atoms with van der Waals surface area (Å²) in [6.45, 7) is 2.91. The molecule has 2 aromatic rings. The molecule has 2 unspecified atom stereocenters. The molecule has 108 valence electrons. The number of hydrogen-bond acceptors (Lipinski definition) is 4. The van der Waals surface area contributed by atoms with E-state index in [2.05, 4.69) is 12.2 Å². The number of ether oxygens (including phenoxy) is 1. The molecule has 0 aliphatic carbocycles. The fourth-order valence-electron chi connectivity index (χ4n) is 1.98. The van der Waals surface area contributed by atoms with Crippen LogP contribution in [0.4, 0.5) is 0 Å². The van der Waals surface area contributed by atoms with Crippen LogP contribution in [0.15, 0.2) is 46.0 Å². The molecule has 1 aromatic carbocycles. The molecule has 0 saturated carbocycles. The Bertz CT molecular complexity index is 538. The van der Waals surface area contributed by atoms with Gasteiger partial charge in [0.1, 0.15) is 5.75 Å². The predicted molar refractivity (Wildman–Crippen MR) is 85.0 cm³/mol. The maximum atomic E-state index is 12.3. The summed E-state index contributed by atoms with van der Waals surface area (Å²) >= 11 is 1.54. The van der Waals surface area contributed by atoms with Crippen LogP contribution in [0, 0.1) is 0 Å². The van der Waals surface area contributed by atoms with Gasteiger partial charge in [0.25, 0.3) is 0 Å². The lowest BCUT2D eigenvalue weighted by Gasteiger charge is -2.18. The van der Waals surface area contributed by atoms with Crippen molar-refractivity contribution in [2.75, 3.05) is 19.4 Å². The lowest BCUT2D eigenvalue weighted by Crippen LogP contribution is -2.25. The zero-order chi connectivity index (χ0) is 14.4. The van der Waals surface area contributed by atoms with E-state index in [0.717, 1.165) is 22.1 Å². The Morgan fingerprint density at radius 3 is 2.60 bits per heavy atom. The van der Waals surface area contributed by atoms with Crippen LogP contribution in [-0.4, -0.2) is 23.6 Å². The highest BCUT2D eigenvalue weighted by Gasteiger charge is 2.16. The molecule has 3 nitrogen and oxygen atoms in total. The van der Waals surface area contributed by atoms with Gasteiger partial charge in [0.15, 0.2) is 0 Å². The second kappa shape index (κ2) is 7.57. The summed E-state index contributed by atoms with van der Waals surface area (Å²) in [7, 11) is 0.689. The zero-order valence-electron chi connectivity index (χ0n) is 11.7. The molecule has 0 bridgehead atoms. The van der Waals surface area contributed by atoms with Crippen LogP contribution < -0.4 is 10.1 Å². The molecule has 1 aromatic heterocycles. The van der Waals surface area contributed by atoms with Gasteiger partial charge in [-0.1, -0.05) is 25.1 Å². The molecular formula is C15H19NO2S2. The van der Waals surface area contributed by atoms with E-state index in [4.69, 9.17) is 4.74 Å². The molecule has 0 fully saturated rings. The first-order chi connectivity index (χ1) is 9.74. The van der Waals surface area contributed by atoms with E-state index in [-0.39, 0.29) is 6.04 Å². The second-order valence-corrected chi connectivity index (χ2v) is 7.00. The minimum Gasteiger partial charge on any atom is -0.497 e. The number of rotatable bonds is 7. The standard InChI is InChI=1S/C15H19NO2S2/c1-3-16-14(11-20(17)15-5-4-10-19-15)12-6-8-13(18-2)9-7-12/h4-10,14,16H,3,11H2,1-2H3. The summed E-state index contributed by atoms with van der Waals surface area (Å²) in [5, 5.41) is 5.36. The zero-order valence-corrected chi connectivity index (χ0v) is 13.3. The van der Waals surface area contributed by atoms with Crippen LogP contribution in [-0.2, 0) is 10.8 Å². The molecule has 0 spiro atoms. The van der Waals surface area contributed by atoms with Gasteiger partial charge in [0.2, 0.25) is 0 Å².